The molecule has 1 fully saturated rings. The number of morpholine rings is 1. The number of carboxylic acid groups (broad SMARTS) is 1. The average molecular weight is 244 g/mol. The molecule has 1 unspecified atom stereocenters. The first-order chi connectivity index (χ1) is 7.82. The number of hydrogen-bond donors (Lipinski definition) is 2. The predicted molar refractivity (Wildman–Crippen MR) is 66.2 cm³/mol. The van der Waals surface area contributed by atoms with Gasteiger partial charge in [-0.15, -0.1) is 0 Å². The summed E-state index contributed by atoms with van der Waals surface area (Å²) in [4.78, 5) is 13.5. The first kappa shape index (κ1) is 14.4. The molecular weight excluding hydrogens is 220 g/mol. The van der Waals surface area contributed by atoms with Crippen molar-refractivity contribution in [1.29, 1.82) is 0 Å². The van der Waals surface area contributed by atoms with E-state index in [1.165, 1.54) is 0 Å². The highest BCUT2D eigenvalue weighted by atomic mass is 16.5. The summed E-state index contributed by atoms with van der Waals surface area (Å²) in [6, 6.07) is 0. The topological polar surface area (TPSA) is 61.8 Å². The standard InChI is InChI=1S/C12H24N2O3/c1-11(2)9-17-8-7-14(11)6-5-12(3,13-4)10(15)16/h13H,5-9H2,1-4H3,(H,15,16). The van der Waals surface area contributed by atoms with Crippen LogP contribution in [-0.4, -0.2) is 60.4 Å². The molecule has 1 aliphatic heterocycles. The summed E-state index contributed by atoms with van der Waals surface area (Å²) in [5, 5.41) is 12.1. The molecule has 1 aliphatic rings. The molecule has 100 valence electrons. The summed E-state index contributed by atoms with van der Waals surface area (Å²) < 4.78 is 5.45. The van der Waals surface area contributed by atoms with Gasteiger partial charge in [0.1, 0.15) is 5.54 Å². The quantitative estimate of drug-likeness (QED) is 0.739. The van der Waals surface area contributed by atoms with Crippen LogP contribution in [0.2, 0.25) is 0 Å². The van der Waals surface area contributed by atoms with Gasteiger partial charge in [0.25, 0.3) is 0 Å². The lowest BCUT2D eigenvalue weighted by atomic mass is 9.95. The number of carboxylic acids is 1. The van der Waals surface area contributed by atoms with Crippen molar-refractivity contribution in [3.05, 3.63) is 0 Å². The van der Waals surface area contributed by atoms with Gasteiger partial charge in [-0.2, -0.15) is 0 Å². The second-order valence-corrected chi connectivity index (χ2v) is 5.49. The summed E-state index contributed by atoms with van der Waals surface area (Å²) in [5.74, 6) is -0.800. The number of aliphatic carboxylic acids is 1. The summed E-state index contributed by atoms with van der Waals surface area (Å²) in [7, 11) is 1.69. The van der Waals surface area contributed by atoms with Crippen LogP contribution in [-0.2, 0) is 9.53 Å². The van der Waals surface area contributed by atoms with Crippen molar-refractivity contribution in [2.75, 3.05) is 33.4 Å². The molecular formula is C12H24N2O3. The molecule has 0 radical (unpaired) electrons. The van der Waals surface area contributed by atoms with Gasteiger partial charge in [0.05, 0.1) is 13.2 Å². The third-order valence-electron chi connectivity index (χ3n) is 3.72. The first-order valence-electron chi connectivity index (χ1n) is 6.07. The average Bonchev–Trinajstić information content (AvgIpc) is 2.26. The van der Waals surface area contributed by atoms with E-state index in [1.54, 1.807) is 14.0 Å². The lowest BCUT2D eigenvalue weighted by Crippen LogP contribution is -2.56. The van der Waals surface area contributed by atoms with E-state index in [9.17, 15) is 9.90 Å². The fourth-order valence-electron chi connectivity index (χ4n) is 2.00. The van der Waals surface area contributed by atoms with E-state index in [1.807, 2.05) is 0 Å². The fraction of sp³-hybridized carbons (Fsp3) is 0.917. The van der Waals surface area contributed by atoms with Crippen LogP contribution in [0.25, 0.3) is 0 Å². The molecule has 1 saturated heterocycles. The Kier molecular flexibility index (Phi) is 4.52. The molecule has 0 spiro atoms. The lowest BCUT2D eigenvalue weighted by molar-refractivity contribution is -0.144. The highest BCUT2D eigenvalue weighted by molar-refractivity contribution is 5.78. The van der Waals surface area contributed by atoms with Crippen LogP contribution in [0.3, 0.4) is 0 Å². The SMILES string of the molecule is CNC(C)(CCN1CCOCC1(C)C)C(=O)O. The molecule has 0 bridgehead atoms. The third-order valence-corrected chi connectivity index (χ3v) is 3.72. The van der Waals surface area contributed by atoms with Crippen molar-refractivity contribution < 1.29 is 14.6 Å². The summed E-state index contributed by atoms with van der Waals surface area (Å²) in [6.45, 7) is 9.05. The molecule has 1 atom stereocenters. The maximum atomic E-state index is 11.2. The number of nitrogens with one attached hydrogen (secondary N) is 1. The Hall–Kier alpha value is -0.650. The number of hydrogen-bond acceptors (Lipinski definition) is 4. The Balaban J connectivity index is 2.57. The first-order valence-corrected chi connectivity index (χ1v) is 6.07. The van der Waals surface area contributed by atoms with Gasteiger partial charge in [0, 0.05) is 18.6 Å². The molecule has 5 heteroatoms. The Morgan fingerprint density at radius 2 is 2.24 bits per heavy atom. The molecule has 1 heterocycles. The van der Waals surface area contributed by atoms with Crippen LogP contribution in [0.5, 0.6) is 0 Å². The number of nitrogens with zero attached hydrogens (tertiary/aromatic N) is 1. The van der Waals surface area contributed by atoms with E-state index >= 15 is 0 Å². The zero-order valence-electron chi connectivity index (χ0n) is 11.2. The summed E-state index contributed by atoms with van der Waals surface area (Å²) in [6.07, 6.45) is 0.586. The largest absolute Gasteiger partial charge is 0.480 e. The van der Waals surface area contributed by atoms with Crippen molar-refractivity contribution in [2.24, 2.45) is 0 Å². The van der Waals surface area contributed by atoms with Crippen molar-refractivity contribution in [3.63, 3.8) is 0 Å². The molecule has 0 amide bonds. The number of ether oxygens (including phenoxy) is 1. The van der Waals surface area contributed by atoms with Gasteiger partial charge in [-0.3, -0.25) is 9.69 Å². The molecule has 2 N–H and O–H groups in total. The minimum atomic E-state index is -0.853. The predicted octanol–water partition coefficient (Wildman–Crippen LogP) is 0.550. The molecule has 0 aromatic rings. The molecule has 5 nitrogen and oxygen atoms in total. The lowest BCUT2D eigenvalue weighted by Gasteiger charge is -2.43. The van der Waals surface area contributed by atoms with Crippen LogP contribution in [0.1, 0.15) is 27.2 Å². The minimum Gasteiger partial charge on any atom is -0.480 e. The minimum absolute atomic E-state index is 0.00853. The Labute approximate surface area is 103 Å². The van der Waals surface area contributed by atoms with Gasteiger partial charge >= 0.3 is 5.97 Å². The second-order valence-electron chi connectivity index (χ2n) is 5.49. The molecule has 0 aromatic carbocycles. The number of carbonyl (C=O) groups is 1. The van der Waals surface area contributed by atoms with Crippen LogP contribution >= 0.6 is 0 Å². The summed E-state index contributed by atoms with van der Waals surface area (Å²) in [5.41, 5.74) is -0.861. The zero-order chi connectivity index (χ0) is 13.1. The Morgan fingerprint density at radius 3 is 2.71 bits per heavy atom. The zero-order valence-corrected chi connectivity index (χ0v) is 11.2. The maximum absolute atomic E-state index is 11.2. The molecule has 0 aromatic heterocycles. The van der Waals surface area contributed by atoms with E-state index in [0.717, 1.165) is 19.7 Å². The van der Waals surface area contributed by atoms with Crippen molar-refractivity contribution in [2.45, 2.75) is 38.3 Å². The van der Waals surface area contributed by atoms with Gasteiger partial charge < -0.3 is 15.2 Å². The highest BCUT2D eigenvalue weighted by Gasteiger charge is 2.35. The van der Waals surface area contributed by atoms with Gasteiger partial charge in [-0.1, -0.05) is 0 Å². The highest BCUT2D eigenvalue weighted by Crippen LogP contribution is 2.21. The van der Waals surface area contributed by atoms with E-state index < -0.39 is 11.5 Å². The maximum Gasteiger partial charge on any atom is 0.323 e. The molecule has 17 heavy (non-hydrogen) atoms. The molecule has 0 aliphatic carbocycles. The van der Waals surface area contributed by atoms with Crippen molar-refractivity contribution in [1.82, 2.24) is 10.2 Å². The van der Waals surface area contributed by atoms with E-state index in [0.29, 0.717) is 13.0 Å². The molecule has 1 rings (SSSR count). The van der Waals surface area contributed by atoms with Crippen LogP contribution < -0.4 is 5.32 Å². The monoisotopic (exact) mass is 244 g/mol. The van der Waals surface area contributed by atoms with E-state index in [2.05, 4.69) is 24.1 Å². The van der Waals surface area contributed by atoms with Crippen molar-refractivity contribution >= 4 is 5.97 Å². The fourth-order valence-corrected chi connectivity index (χ4v) is 2.00. The van der Waals surface area contributed by atoms with Crippen LogP contribution in [0, 0.1) is 0 Å². The Bertz CT molecular complexity index is 281. The van der Waals surface area contributed by atoms with Gasteiger partial charge in [-0.25, -0.2) is 0 Å². The van der Waals surface area contributed by atoms with Crippen molar-refractivity contribution in [3.8, 4) is 0 Å². The van der Waals surface area contributed by atoms with Crippen LogP contribution in [0.4, 0.5) is 0 Å². The summed E-state index contributed by atoms with van der Waals surface area (Å²) >= 11 is 0. The third kappa shape index (κ3) is 3.40. The van der Waals surface area contributed by atoms with Gasteiger partial charge in [0.2, 0.25) is 0 Å². The smallest absolute Gasteiger partial charge is 0.323 e. The van der Waals surface area contributed by atoms with E-state index in [-0.39, 0.29) is 5.54 Å². The normalized spacial score (nSPS) is 24.2. The van der Waals surface area contributed by atoms with Gasteiger partial charge in [-0.05, 0) is 34.2 Å². The Morgan fingerprint density at radius 1 is 1.59 bits per heavy atom. The van der Waals surface area contributed by atoms with E-state index in [4.69, 9.17) is 4.74 Å². The number of likely N-dealkylation sites (N-methyl/N-ethyl adjacent to an activating group) is 1. The molecule has 0 saturated carbocycles. The van der Waals surface area contributed by atoms with Crippen LogP contribution in [0.15, 0.2) is 0 Å². The van der Waals surface area contributed by atoms with Gasteiger partial charge in [0.15, 0.2) is 0 Å². The number of rotatable bonds is 5. The second kappa shape index (κ2) is 5.33.